The van der Waals surface area contributed by atoms with Crippen molar-refractivity contribution < 1.29 is 14.3 Å². The van der Waals surface area contributed by atoms with E-state index < -0.39 is 0 Å². The number of methoxy groups -OCH3 is 2. The Hall–Kier alpha value is -3.47. The normalized spacial score (nSPS) is 10.1. The number of rotatable bonds is 6. The van der Waals surface area contributed by atoms with E-state index >= 15 is 0 Å². The number of amides is 2. The van der Waals surface area contributed by atoms with Crippen molar-refractivity contribution in [3.05, 3.63) is 84.4 Å². The van der Waals surface area contributed by atoms with Crippen LogP contribution in [0.3, 0.4) is 0 Å². The lowest BCUT2D eigenvalue weighted by molar-refractivity contribution is 0.256. The molecule has 0 spiro atoms. The zero-order valence-corrected chi connectivity index (χ0v) is 15.4. The molecule has 0 saturated heterocycles. The quantitative estimate of drug-likeness (QED) is 0.675. The van der Waals surface area contributed by atoms with E-state index in [0.717, 1.165) is 11.3 Å². The first-order valence-corrected chi connectivity index (χ1v) is 8.61. The molecule has 0 radical (unpaired) electrons. The van der Waals surface area contributed by atoms with Gasteiger partial charge in [-0.05, 0) is 29.8 Å². The van der Waals surface area contributed by atoms with Crippen LogP contribution in [0.25, 0.3) is 0 Å². The topological polar surface area (TPSA) is 50.8 Å². The first kappa shape index (κ1) is 18.3. The lowest BCUT2D eigenvalue weighted by atomic mass is 10.2. The Morgan fingerprint density at radius 2 is 1.56 bits per heavy atom. The Morgan fingerprint density at radius 1 is 0.889 bits per heavy atom. The zero-order valence-electron chi connectivity index (χ0n) is 15.4. The average molecular weight is 362 g/mol. The molecule has 0 aliphatic carbocycles. The standard InChI is InChI=1S/C22H22N2O3/c1-26-19-13-14-21(27-2)20(15-19)23-22(25)24(18-11-7-4-8-12-18)16-17-9-5-3-6-10-17/h3-15H,16H2,1-2H3,(H,23,25). The monoisotopic (exact) mass is 362 g/mol. The minimum absolute atomic E-state index is 0.253. The molecule has 1 N–H and O–H groups in total. The summed E-state index contributed by atoms with van der Waals surface area (Å²) in [5.41, 5.74) is 2.39. The van der Waals surface area contributed by atoms with Gasteiger partial charge in [-0.1, -0.05) is 48.5 Å². The van der Waals surface area contributed by atoms with E-state index in [1.165, 1.54) is 0 Å². The number of nitrogens with zero attached hydrogens (tertiary/aromatic N) is 1. The molecule has 0 atom stereocenters. The second kappa shape index (κ2) is 8.76. The molecule has 0 saturated carbocycles. The fourth-order valence-corrected chi connectivity index (χ4v) is 2.75. The summed E-state index contributed by atoms with van der Waals surface area (Å²) >= 11 is 0. The van der Waals surface area contributed by atoms with Gasteiger partial charge < -0.3 is 14.8 Å². The highest BCUT2D eigenvalue weighted by molar-refractivity contribution is 6.02. The minimum Gasteiger partial charge on any atom is -0.497 e. The second-order valence-corrected chi connectivity index (χ2v) is 5.90. The molecule has 0 bridgehead atoms. The number of carbonyl (C=O) groups is 1. The van der Waals surface area contributed by atoms with Gasteiger partial charge in [-0.3, -0.25) is 4.90 Å². The first-order chi connectivity index (χ1) is 13.2. The summed E-state index contributed by atoms with van der Waals surface area (Å²) < 4.78 is 10.6. The van der Waals surface area contributed by atoms with Gasteiger partial charge in [0.1, 0.15) is 11.5 Å². The van der Waals surface area contributed by atoms with E-state index in [0.29, 0.717) is 23.7 Å². The molecule has 5 heteroatoms. The van der Waals surface area contributed by atoms with Crippen LogP contribution in [-0.2, 0) is 6.54 Å². The number of benzene rings is 3. The number of hydrogen-bond donors (Lipinski definition) is 1. The highest BCUT2D eigenvalue weighted by Gasteiger charge is 2.18. The molecule has 138 valence electrons. The Bertz CT molecular complexity index is 883. The first-order valence-electron chi connectivity index (χ1n) is 8.61. The molecule has 0 aromatic heterocycles. The van der Waals surface area contributed by atoms with Crippen LogP contribution in [0, 0.1) is 0 Å². The van der Waals surface area contributed by atoms with Crippen molar-refractivity contribution in [2.45, 2.75) is 6.54 Å². The molecule has 3 aromatic carbocycles. The molecule has 3 rings (SSSR count). The third kappa shape index (κ3) is 4.58. The third-order valence-electron chi connectivity index (χ3n) is 4.14. The van der Waals surface area contributed by atoms with Crippen LogP contribution in [0.2, 0.25) is 0 Å². The van der Waals surface area contributed by atoms with E-state index in [1.54, 1.807) is 37.3 Å². The van der Waals surface area contributed by atoms with Crippen molar-refractivity contribution in [1.29, 1.82) is 0 Å². The number of ether oxygens (including phenoxy) is 2. The highest BCUT2D eigenvalue weighted by Crippen LogP contribution is 2.30. The molecule has 0 unspecified atom stereocenters. The largest absolute Gasteiger partial charge is 0.497 e. The molecular formula is C22H22N2O3. The maximum Gasteiger partial charge on any atom is 0.326 e. The molecule has 0 aliphatic rings. The fourth-order valence-electron chi connectivity index (χ4n) is 2.75. The van der Waals surface area contributed by atoms with E-state index in [-0.39, 0.29) is 6.03 Å². The Labute approximate surface area is 159 Å². The second-order valence-electron chi connectivity index (χ2n) is 5.90. The van der Waals surface area contributed by atoms with E-state index in [1.807, 2.05) is 60.7 Å². The van der Waals surface area contributed by atoms with Crippen LogP contribution in [-0.4, -0.2) is 20.3 Å². The zero-order chi connectivity index (χ0) is 19.1. The van der Waals surface area contributed by atoms with Crippen LogP contribution in [0.1, 0.15) is 5.56 Å². The molecule has 0 fully saturated rings. The van der Waals surface area contributed by atoms with Crippen LogP contribution < -0.4 is 19.7 Å². The predicted molar refractivity (Wildman–Crippen MR) is 108 cm³/mol. The Morgan fingerprint density at radius 3 is 2.19 bits per heavy atom. The van der Waals surface area contributed by atoms with Gasteiger partial charge in [-0.15, -0.1) is 0 Å². The summed E-state index contributed by atoms with van der Waals surface area (Å²) in [6, 6.07) is 24.5. The lowest BCUT2D eigenvalue weighted by Gasteiger charge is -2.24. The minimum atomic E-state index is -0.253. The van der Waals surface area contributed by atoms with Gasteiger partial charge in [0, 0.05) is 11.8 Å². The Balaban J connectivity index is 1.89. The highest BCUT2D eigenvalue weighted by atomic mass is 16.5. The SMILES string of the molecule is COc1ccc(OC)c(NC(=O)N(Cc2ccccc2)c2ccccc2)c1. The molecule has 3 aromatic rings. The summed E-state index contributed by atoms with van der Waals surface area (Å²) in [4.78, 5) is 14.8. The Kier molecular flexibility index (Phi) is 5.94. The van der Waals surface area contributed by atoms with Crippen LogP contribution >= 0.6 is 0 Å². The predicted octanol–water partition coefficient (Wildman–Crippen LogP) is 4.94. The molecular weight excluding hydrogens is 340 g/mol. The summed E-state index contributed by atoms with van der Waals surface area (Å²) in [5, 5.41) is 2.94. The summed E-state index contributed by atoms with van der Waals surface area (Å²) in [6.07, 6.45) is 0. The third-order valence-corrected chi connectivity index (χ3v) is 4.14. The summed E-state index contributed by atoms with van der Waals surface area (Å²) in [5.74, 6) is 1.21. The maximum absolute atomic E-state index is 13.1. The van der Waals surface area contributed by atoms with Gasteiger partial charge in [0.2, 0.25) is 0 Å². The summed E-state index contributed by atoms with van der Waals surface area (Å²) in [6.45, 7) is 0.447. The maximum atomic E-state index is 13.1. The van der Waals surface area contributed by atoms with Crippen molar-refractivity contribution in [2.75, 3.05) is 24.4 Å². The van der Waals surface area contributed by atoms with Gasteiger partial charge in [-0.25, -0.2) is 4.79 Å². The van der Waals surface area contributed by atoms with Crippen LogP contribution in [0.15, 0.2) is 78.9 Å². The molecule has 0 aliphatic heterocycles. The number of anilines is 2. The molecule has 0 heterocycles. The van der Waals surface area contributed by atoms with Crippen molar-refractivity contribution in [1.82, 2.24) is 0 Å². The van der Waals surface area contributed by atoms with Crippen molar-refractivity contribution >= 4 is 17.4 Å². The molecule has 2 amide bonds. The fraction of sp³-hybridized carbons (Fsp3) is 0.136. The van der Waals surface area contributed by atoms with Crippen LogP contribution in [0.4, 0.5) is 16.2 Å². The van der Waals surface area contributed by atoms with E-state index in [2.05, 4.69) is 5.32 Å². The van der Waals surface area contributed by atoms with Crippen LogP contribution in [0.5, 0.6) is 11.5 Å². The molecule has 5 nitrogen and oxygen atoms in total. The van der Waals surface area contributed by atoms with Crippen molar-refractivity contribution in [2.24, 2.45) is 0 Å². The average Bonchev–Trinajstić information content (AvgIpc) is 2.73. The molecule has 27 heavy (non-hydrogen) atoms. The van der Waals surface area contributed by atoms with Gasteiger partial charge in [0.15, 0.2) is 0 Å². The van der Waals surface area contributed by atoms with Gasteiger partial charge in [0.05, 0.1) is 26.5 Å². The lowest BCUT2D eigenvalue weighted by Crippen LogP contribution is -2.34. The van der Waals surface area contributed by atoms with E-state index in [9.17, 15) is 4.79 Å². The van der Waals surface area contributed by atoms with Crippen molar-refractivity contribution in [3.8, 4) is 11.5 Å². The number of urea groups is 1. The number of para-hydroxylation sites is 1. The van der Waals surface area contributed by atoms with E-state index in [4.69, 9.17) is 9.47 Å². The number of carbonyl (C=O) groups excluding carboxylic acids is 1. The number of hydrogen-bond acceptors (Lipinski definition) is 3. The smallest absolute Gasteiger partial charge is 0.326 e. The van der Waals surface area contributed by atoms with Gasteiger partial charge in [0.25, 0.3) is 0 Å². The van der Waals surface area contributed by atoms with Gasteiger partial charge >= 0.3 is 6.03 Å². The van der Waals surface area contributed by atoms with Gasteiger partial charge in [-0.2, -0.15) is 0 Å². The summed E-state index contributed by atoms with van der Waals surface area (Å²) in [7, 11) is 3.15. The van der Waals surface area contributed by atoms with Crippen molar-refractivity contribution in [3.63, 3.8) is 0 Å². The number of nitrogens with one attached hydrogen (secondary N) is 1.